The number of amides is 2. The van der Waals surface area contributed by atoms with E-state index in [0.717, 1.165) is 19.2 Å². The zero-order valence-electron chi connectivity index (χ0n) is 15.2. The Labute approximate surface area is 147 Å². The fraction of sp³-hybridized carbons (Fsp3) is 0.611. The minimum atomic E-state index is -0.420. The number of ether oxygens (including phenoxy) is 1. The van der Waals surface area contributed by atoms with Gasteiger partial charge in [-0.1, -0.05) is 0 Å². The summed E-state index contributed by atoms with van der Waals surface area (Å²) in [5.74, 6) is -0.0761. The lowest BCUT2D eigenvalue weighted by Crippen LogP contribution is -2.38. The van der Waals surface area contributed by atoms with Gasteiger partial charge >= 0.3 is 6.09 Å². The van der Waals surface area contributed by atoms with Crippen molar-refractivity contribution in [3.8, 4) is 0 Å². The Hall–Kier alpha value is -2.18. The van der Waals surface area contributed by atoms with E-state index in [1.54, 1.807) is 0 Å². The van der Waals surface area contributed by atoms with Crippen LogP contribution in [0.1, 0.15) is 47.0 Å². The van der Waals surface area contributed by atoms with Gasteiger partial charge in [0.25, 0.3) is 0 Å². The lowest BCUT2D eigenvalue weighted by Gasteiger charge is -2.27. The van der Waals surface area contributed by atoms with Gasteiger partial charge in [-0.15, -0.1) is 0 Å². The molecule has 1 saturated carbocycles. The molecule has 7 heteroatoms. The van der Waals surface area contributed by atoms with Crippen LogP contribution in [-0.4, -0.2) is 40.6 Å². The van der Waals surface area contributed by atoms with E-state index in [-0.39, 0.29) is 11.7 Å². The second-order valence-corrected chi connectivity index (χ2v) is 7.79. The molecule has 1 atom stereocenters. The zero-order chi connectivity index (χ0) is 18.7. The van der Waals surface area contributed by atoms with E-state index in [1.165, 1.54) is 25.0 Å². The van der Waals surface area contributed by atoms with Gasteiger partial charge in [-0.05, 0) is 64.5 Å². The molecule has 1 aromatic rings. The molecule has 1 aliphatic heterocycles. The Morgan fingerprint density at radius 1 is 1.44 bits per heavy atom. The minimum absolute atomic E-state index is 0.140. The lowest BCUT2D eigenvalue weighted by molar-refractivity contribution is -0.105. The van der Waals surface area contributed by atoms with E-state index in [9.17, 15) is 14.0 Å². The first kappa shape index (κ1) is 19.1. The third-order valence-corrected chi connectivity index (χ3v) is 4.29. The van der Waals surface area contributed by atoms with Gasteiger partial charge < -0.3 is 15.0 Å². The Bertz CT molecular complexity index is 609. The van der Waals surface area contributed by atoms with E-state index >= 15 is 0 Å². The normalized spacial score (nSPS) is 20.5. The highest BCUT2D eigenvalue weighted by Crippen LogP contribution is 2.54. The van der Waals surface area contributed by atoms with Crippen LogP contribution in [0.2, 0.25) is 0 Å². The summed E-state index contributed by atoms with van der Waals surface area (Å²) < 4.78 is 17.5. The monoisotopic (exact) mass is 351 g/mol. The van der Waals surface area contributed by atoms with Crippen LogP contribution in [0.5, 0.6) is 0 Å². The standard InChI is InChI=1S/C12H21NO2.C6H5FN2O/c1-9-7-12(5-6-12)8-13(9)10(14)15-11(2,3)4;7-5-1-2-6(8-3-5)9-4-10/h9H,5-8H2,1-4H3;1-4H,(H,8,9,10). The molecule has 3 rings (SSSR count). The molecule has 2 amide bonds. The quantitative estimate of drug-likeness (QED) is 0.827. The zero-order valence-corrected chi connectivity index (χ0v) is 15.2. The molecule has 1 spiro atoms. The van der Waals surface area contributed by atoms with Gasteiger partial charge in [0.05, 0.1) is 6.20 Å². The molecule has 0 aromatic carbocycles. The number of anilines is 1. The van der Waals surface area contributed by atoms with Crippen molar-refractivity contribution in [2.75, 3.05) is 11.9 Å². The first-order valence-electron chi connectivity index (χ1n) is 8.45. The van der Waals surface area contributed by atoms with Crippen LogP contribution >= 0.6 is 0 Å². The molecule has 0 radical (unpaired) electrons. The smallest absolute Gasteiger partial charge is 0.410 e. The summed E-state index contributed by atoms with van der Waals surface area (Å²) in [5, 5.41) is 2.28. The van der Waals surface area contributed by atoms with Crippen LogP contribution in [-0.2, 0) is 9.53 Å². The maximum atomic E-state index is 12.1. The Morgan fingerprint density at radius 3 is 2.56 bits per heavy atom. The fourth-order valence-electron chi connectivity index (χ4n) is 2.94. The van der Waals surface area contributed by atoms with Crippen LogP contribution in [0, 0.1) is 11.2 Å². The minimum Gasteiger partial charge on any atom is -0.444 e. The number of rotatable bonds is 2. The molecule has 138 valence electrons. The van der Waals surface area contributed by atoms with E-state index in [2.05, 4.69) is 17.2 Å². The first-order chi connectivity index (χ1) is 11.6. The van der Waals surface area contributed by atoms with E-state index < -0.39 is 5.82 Å². The van der Waals surface area contributed by atoms with Crippen molar-refractivity contribution >= 4 is 18.3 Å². The van der Waals surface area contributed by atoms with Crippen LogP contribution in [0.15, 0.2) is 18.3 Å². The summed E-state index contributed by atoms with van der Waals surface area (Å²) in [7, 11) is 0. The van der Waals surface area contributed by atoms with Gasteiger partial charge in [-0.3, -0.25) is 4.79 Å². The Morgan fingerprint density at radius 2 is 2.12 bits per heavy atom. The number of likely N-dealkylation sites (tertiary alicyclic amines) is 1. The molecule has 2 heterocycles. The number of hydrogen-bond donors (Lipinski definition) is 1. The molecular formula is C18H26FN3O3. The highest BCUT2D eigenvalue weighted by molar-refractivity contribution is 5.69. The van der Waals surface area contributed by atoms with Crippen LogP contribution < -0.4 is 5.32 Å². The Balaban J connectivity index is 0.000000196. The summed E-state index contributed by atoms with van der Waals surface area (Å²) >= 11 is 0. The fourth-order valence-corrected chi connectivity index (χ4v) is 2.94. The Kier molecular flexibility index (Phi) is 5.65. The van der Waals surface area contributed by atoms with Gasteiger partial charge in [-0.2, -0.15) is 0 Å². The summed E-state index contributed by atoms with van der Waals surface area (Å²) in [5.41, 5.74) is 0.0897. The summed E-state index contributed by atoms with van der Waals surface area (Å²) in [6.07, 6.45) is 5.12. The number of pyridine rings is 1. The largest absolute Gasteiger partial charge is 0.444 e. The molecule has 1 N–H and O–H groups in total. The molecule has 25 heavy (non-hydrogen) atoms. The third kappa shape index (κ3) is 5.69. The van der Waals surface area contributed by atoms with E-state index in [4.69, 9.17) is 4.74 Å². The second-order valence-electron chi connectivity index (χ2n) is 7.79. The lowest BCUT2D eigenvalue weighted by atomic mass is 10.0. The molecule has 2 fully saturated rings. The maximum Gasteiger partial charge on any atom is 0.410 e. The van der Waals surface area contributed by atoms with E-state index in [1.807, 2.05) is 25.7 Å². The van der Waals surface area contributed by atoms with Crippen molar-refractivity contribution in [3.63, 3.8) is 0 Å². The highest BCUT2D eigenvalue weighted by Gasteiger charge is 2.52. The van der Waals surface area contributed by atoms with Crippen molar-refractivity contribution in [2.24, 2.45) is 5.41 Å². The molecule has 6 nitrogen and oxygen atoms in total. The molecule has 1 unspecified atom stereocenters. The van der Waals surface area contributed by atoms with Crippen molar-refractivity contribution in [1.82, 2.24) is 9.88 Å². The van der Waals surface area contributed by atoms with Gasteiger partial charge in [-0.25, -0.2) is 14.2 Å². The topological polar surface area (TPSA) is 71.5 Å². The number of halogens is 1. The molecule has 0 bridgehead atoms. The third-order valence-electron chi connectivity index (χ3n) is 4.29. The number of hydrogen-bond acceptors (Lipinski definition) is 4. The number of carbonyl (C=O) groups excluding carboxylic acids is 2. The van der Waals surface area contributed by atoms with Gasteiger partial charge in [0, 0.05) is 12.6 Å². The molecule has 1 aromatic heterocycles. The highest BCUT2D eigenvalue weighted by atomic mass is 19.1. The molecule has 1 aliphatic carbocycles. The first-order valence-corrected chi connectivity index (χ1v) is 8.45. The number of aromatic nitrogens is 1. The van der Waals surface area contributed by atoms with Crippen molar-refractivity contribution in [2.45, 2.75) is 58.6 Å². The summed E-state index contributed by atoms with van der Waals surface area (Å²) in [4.78, 5) is 27.2. The number of carbonyl (C=O) groups is 2. The summed E-state index contributed by atoms with van der Waals surface area (Å²) in [6, 6.07) is 2.95. The molecular weight excluding hydrogens is 325 g/mol. The maximum absolute atomic E-state index is 12.1. The van der Waals surface area contributed by atoms with Crippen molar-refractivity contribution in [3.05, 3.63) is 24.1 Å². The van der Waals surface area contributed by atoms with Crippen LogP contribution in [0.3, 0.4) is 0 Å². The van der Waals surface area contributed by atoms with Gasteiger partial charge in [0.1, 0.15) is 17.2 Å². The second kappa shape index (κ2) is 7.37. The SMILES string of the molecule is CC1CC2(CC2)CN1C(=O)OC(C)(C)C.O=CNc1ccc(F)cn1. The van der Waals surface area contributed by atoms with Gasteiger partial charge in [0.15, 0.2) is 0 Å². The summed E-state index contributed by atoms with van der Waals surface area (Å²) in [6.45, 7) is 8.77. The number of nitrogens with one attached hydrogen (secondary N) is 1. The van der Waals surface area contributed by atoms with Crippen LogP contribution in [0.4, 0.5) is 15.0 Å². The van der Waals surface area contributed by atoms with Crippen LogP contribution in [0.25, 0.3) is 0 Å². The number of nitrogens with zero attached hydrogens (tertiary/aromatic N) is 2. The molecule has 2 aliphatic rings. The molecule has 1 saturated heterocycles. The average Bonchev–Trinajstić information content (AvgIpc) is 3.16. The predicted molar refractivity (Wildman–Crippen MR) is 92.6 cm³/mol. The average molecular weight is 351 g/mol. The predicted octanol–water partition coefficient (Wildman–Crippen LogP) is 3.58. The van der Waals surface area contributed by atoms with Crippen molar-refractivity contribution in [1.29, 1.82) is 0 Å². The van der Waals surface area contributed by atoms with Gasteiger partial charge in [0.2, 0.25) is 6.41 Å². The van der Waals surface area contributed by atoms with E-state index in [0.29, 0.717) is 23.7 Å². The van der Waals surface area contributed by atoms with Crippen molar-refractivity contribution < 1.29 is 18.7 Å².